The van der Waals surface area contributed by atoms with Gasteiger partial charge in [0.1, 0.15) is 5.69 Å². The molecule has 0 spiro atoms. The average molecular weight is 287 g/mol. The second-order valence-corrected chi connectivity index (χ2v) is 4.97. The molecule has 0 aliphatic rings. The lowest BCUT2D eigenvalue weighted by molar-refractivity contribution is 0.0938. The molecule has 0 saturated carbocycles. The molecule has 16 heavy (non-hydrogen) atoms. The smallest absolute Gasteiger partial charge is 0.267 e. The van der Waals surface area contributed by atoms with E-state index in [9.17, 15) is 4.79 Å². The summed E-state index contributed by atoms with van der Waals surface area (Å²) >= 11 is 3.38. The second-order valence-electron chi connectivity index (χ2n) is 4.05. The van der Waals surface area contributed by atoms with Crippen molar-refractivity contribution in [3.05, 3.63) is 22.4 Å². The van der Waals surface area contributed by atoms with Crippen molar-refractivity contribution in [2.24, 2.45) is 5.92 Å². The third-order valence-corrected chi connectivity index (χ3v) is 3.18. The van der Waals surface area contributed by atoms with Gasteiger partial charge >= 0.3 is 0 Å². The third-order valence-electron chi connectivity index (χ3n) is 2.74. The fourth-order valence-electron chi connectivity index (χ4n) is 1.43. The SMILES string of the molecule is CCC(C)CNC(=O)c1cc(Br)cn1CC. The summed E-state index contributed by atoms with van der Waals surface area (Å²) in [5, 5.41) is 2.96. The Labute approximate surface area is 105 Å². The Morgan fingerprint density at radius 3 is 2.81 bits per heavy atom. The van der Waals surface area contributed by atoms with Gasteiger partial charge in [-0.2, -0.15) is 0 Å². The number of aromatic nitrogens is 1. The van der Waals surface area contributed by atoms with Crippen molar-refractivity contribution in [3.8, 4) is 0 Å². The highest BCUT2D eigenvalue weighted by Gasteiger charge is 2.12. The first-order valence-electron chi connectivity index (χ1n) is 5.72. The Bertz CT molecular complexity index is 360. The predicted molar refractivity (Wildman–Crippen MR) is 69.6 cm³/mol. The minimum atomic E-state index is 0.00727. The summed E-state index contributed by atoms with van der Waals surface area (Å²) in [6.45, 7) is 7.83. The molecule has 0 aromatic carbocycles. The Kier molecular flexibility index (Phi) is 5.06. The van der Waals surface area contributed by atoms with Crippen LogP contribution in [0.5, 0.6) is 0 Å². The summed E-state index contributed by atoms with van der Waals surface area (Å²) in [6, 6.07) is 1.86. The first-order valence-corrected chi connectivity index (χ1v) is 6.51. The summed E-state index contributed by atoms with van der Waals surface area (Å²) in [7, 11) is 0. The van der Waals surface area contributed by atoms with Crippen molar-refractivity contribution in [2.75, 3.05) is 6.54 Å². The number of amides is 1. The molecular formula is C12H19BrN2O. The number of hydrogen-bond acceptors (Lipinski definition) is 1. The lowest BCUT2D eigenvalue weighted by atomic mass is 10.1. The van der Waals surface area contributed by atoms with Crippen LogP contribution in [0.15, 0.2) is 16.7 Å². The number of nitrogens with one attached hydrogen (secondary N) is 1. The highest BCUT2D eigenvalue weighted by Crippen LogP contribution is 2.15. The van der Waals surface area contributed by atoms with Crippen LogP contribution in [-0.2, 0) is 6.54 Å². The molecule has 1 unspecified atom stereocenters. The van der Waals surface area contributed by atoms with E-state index in [0.29, 0.717) is 5.92 Å². The van der Waals surface area contributed by atoms with Gasteiger partial charge in [0, 0.05) is 23.8 Å². The summed E-state index contributed by atoms with van der Waals surface area (Å²) in [5.41, 5.74) is 0.720. The number of carbonyl (C=O) groups excluding carboxylic acids is 1. The van der Waals surface area contributed by atoms with Crippen molar-refractivity contribution in [2.45, 2.75) is 33.7 Å². The molecule has 1 amide bonds. The maximum absolute atomic E-state index is 11.9. The van der Waals surface area contributed by atoms with E-state index in [2.05, 4.69) is 35.1 Å². The van der Waals surface area contributed by atoms with Gasteiger partial charge in [0.15, 0.2) is 0 Å². The number of halogens is 1. The van der Waals surface area contributed by atoms with Crippen LogP contribution >= 0.6 is 15.9 Å². The zero-order valence-electron chi connectivity index (χ0n) is 10.1. The lowest BCUT2D eigenvalue weighted by Gasteiger charge is -2.11. The van der Waals surface area contributed by atoms with Crippen LogP contribution in [0.1, 0.15) is 37.7 Å². The van der Waals surface area contributed by atoms with E-state index in [1.165, 1.54) is 0 Å². The fraction of sp³-hybridized carbons (Fsp3) is 0.583. The maximum atomic E-state index is 11.9. The Morgan fingerprint density at radius 2 is 2.25 bits per heavy atom. The van der Waals surface area contributed by atoms with Crippen molar-refractivity contribution in [1.29, 1.82) is 0 Å². The molecule has 0 fully saturated rings. The van der Waals surface area contributed by atoms with Crippen LogP contribution in [0, 0.1) is 5.92 Å². The monoisotopic (exact) mass is 286 g/mol. The van der Waals surface area contributed by atoms with E-state index in [-0.39, 0.29) is 5.91 Å². The first kappa shape index (κ1) is 13.3. The standard InChI is InChI=1S/C12H19BrN2O/c1-4-9(3)7-14-12(16)11-6-10(13)8-15(11)5-2/h6,8-9H,4-5,7H2,1-3H3,(H,14,16). The van der Waals surface area contributed by atoms with Crippen molar-refractivity contribution in [1.82, 2.24) is 9.88 Å². The van der Waals surface area contributed by atoms with Crippen LogP contribution in [-0.4, -0.2) is 17.0 Å². The highest BCUT2D eigenvalue weighted by atomic mass is 79.9. The van der Waals surface area contributed by atoms with E-state index >= 15 is 0 Å². The van der Waals surface area contributed by atoms with Gasteiger partial charge in [0.25, 0.3) is 5.91 Å². The molecular weight excluding hydrogens is 268 g/mol. The summed E-state index contributed by atoms with van der Waals surface area (Å²) in [6.07, 6.45) is 3.01. The van der Waals surface area contributed by atoms with Gasteiger partial charge in [0.05, 0.1) is 0 Å². The third kappa shape index (κ3) is 3.37. The van der Waals surface area contributed by atoms with Crippen LogP contribution in [0.3, 0.4) is 0 Å². The molecule has 0 bridgehead atoms. The average Bonchev–Trinajstić information content (AvgIpc) is 2.66. The molecule has 1 aromatic rings. The molecule has 3 nitrogen and oxygen atoms in total. The number of carbonyl (C=O) groups is 1. The zero-order valence-corrected chi connectivity index (χ0v) is 11.7. The van der Waals surface area contributed by atoms with Crippen molar-refractivity contribution >= 4 is 21.8 Å². The van der Waals surface area contributed by atoms with Gasteiger partial charge in [-0.3, -0.25) is 4.79 Å². The molecule has 1 heterocycles. The van der Waals surface area contributed by atoms with Gasteiger partial charge in [-0.25, -0.2) is 0 Å². The molecule has 0 aliphatic heterocycles. The van der Waals surface area contributed by atoms with E-state index in [0.717, 1.165) is 29.7 Å². The molecule has 0 aliphatic carbocycles. The van der Waals surface area contributed by atoms with Gasteiger partial charge in [-0.1, -0.05) is 20.3 Å². The minimum absolute atomic E-state index is 0.00727. The Balaban J connectivity index is 2.65. The van der Waals surface area contributed by atoms with Gasteiger partial charge in [0.2, 0.25) is 0 Å². The van der Waals surface area contributed by atoms with E-state index in [1.807, 2.05) is 23.8 Å². The van der Waals surface area contributed by atoms with E-state index < -0.39 is 0 Å². The molecule has 0 saturated heterocycles. The second kappa shape index (κ2) is 6.09. The maximum Gasteiger partial charge on any atom is 0.267 e. The van der Waals surface area contributed by atoms with Crippen LogP contribution < -0.4 is 5.32 Å². The molecule has 1 N–H and O–H groups in total. The summed E-state index contributed by atoms with van der Waals surface area (Å²) in [5.74, 6) is 0.533. The number of rotatable bonds is 5. The molecule has 4 heteroatoms. The predicted octanol–water partition coefficient (Wildman–Crippen LogP) is 3.05. The lowest BCUT2D eigenvalue weighted by Crippen LogP contribution is -2.29. The number of hydrogen-bond donors (Lipinski definition) is 1. The quantitative estimate of drug-likeness (QED) is 0.887. The topological polar surface area (TPSA) is 34.0 Å². The molecule has 1 rings (SSSR count). The van der Waals surface area contributed by atoms with E-state index in [1.54, 1.807) is 0 Å². The molecule has 0 radical (unpaired) electrons. The normalized spacial score (nSPS) is 12.5. The largest absolute Gasteiger partial charge is 0.350 e. The number of aryl methyl sites for hydroxylation is 1. The van der Waals surface area contributed by atoms with Crippen LogP contribution in [0.2, 0.25) is 0 Å². The van der Waals surface area contributed by atoms with Crippen LogP contribution in [0.25, 0.3) is 0 Å². The molecule has 1 atom stereocenters. The van der Waals surface area contributed by atoms with E-state index in [4.69, 9.17) is 0 Å². The molecule has 90 valence electrons. The summed E-state index contributed by atoms with van der Waals surface area (Å²) in [4.78, 5) is 11.9. The van der Waals surface area contributed by atoms with Crippen molar-refractivity contribution in [3.63, 3.8) is 0 Å². The Morgan fingerprint density at radius 1 is 1.56 bits per heavy atom. The van der Waals surface area contributed by atoms with Gasteiger partial charge < -0.3 is 9.88 Å². The molecule has 1 aromatic heterocycles. The highest BCUT2D eigenvalue weighted by molar-refractivity contribution is 9.10. The zero-order chi connectivity index (χ0) is 12.1. The summed E-state index contributed by atoms with van der Waals surface area (Å²) < 4.78 is 2.89. The van der Waals surface area contributed by atoms with Gasteiger partial charge in [-0.05, 0) is 34.8 Å². The Hall–Kier alpha value is -0.770. The van der Waals surface area contributed by atoms with Crippen molar-refractivity contribution < 1.29 is 4.79 Å². The minimum Gasteiger partial charge on any atom is -0.350 e. The fourth-order valence-corrected chi connectivity index (χ4v) is 1.89. The van der Waals surface area contributed by atoms with Gasteiger partial charge in [-0.15, -0.1) is 0 Å². The number of nitrogens with zero attached hydrogens (tertiary/aromatic N) is 1. The van der Waals surface area contributed by atoms with Crippen LogP contribution in [0.4, 0.5) is 0 Å². The first-order chi connectivity index (χ1) is 7.58.